The highest BCUT2D eigenvalue weighted by molar-refractivity contribution is 7.98. The number of phenolic OH excluding ortho intramolecular Hbond substituents is 1. The summed E-state index contributed by atoms with van der Waals surface area (Å²) in [6.07, 6.45) is 5.52. The largest absolute Gasteiger partial charge is 0.508 e. The van der Waals surface area contributed by atoms with E-state index in [4.69, 9.17) is 11.5 Å². The Labute approximate surface area is 260 Å². The third-order valence-electron chi connectivity index (χ3n) is 7.27. The lowest BCUT2D eigenvalue weighted by Crippen LogP contribution is -2.57. The number of nitrogens with one attached hydrogen (secondary N) is 4. The summed E-state index contributed by atoms with van der Waals surface area (Å²) in [4.78, 5) is 55.4. The van der Waals surface area contributed by atoms with E-state index < -0.39 is 47.9 Å². The number of benzene rings is 2. The number of aromatic nitrogens is 1. The van der Waals surface area contributed by atoms with Crippen molar-refractivity contribution < 1.29 is 29.4 Å². The van der Waals surface area contributed by atoms with Crippen LogP contribution < -0.4 is 27.4 Å². The molecule has 1 aromatic heterocycles. The molecule has 1 heterocycles. The van der Waals surface area contributed by atoms with Crippen molar-refractivity contribution >= 4 is 46.4 Å². The van der Waals surface area contributed by atoms with Crippen LogP contribution in [0.2, 0.25) is 0 Å². The van der Waals surface area contributed by atoms with Gasteiger partial charge in [0, 0.05) is 29.9 Å². The first-order valence-corrected chi connectivity index (χ1v) is 15.9. The number of aromatic amines is 1. The predicted molar refractivity (Wildman–Crippen MR) is 171 cm³/mol. The Morgan fingerprint density at radius 1 is 0.864 bits per heavy atom. The number of unbranched alkanes of at least 4 members (excludes halogenated alkanes) is 1. The second-order valence-corrected chi connectivity index (χ2v) is 11.6. The number of carbonyl (C=O) groups is 4. The third-order valence-corrected chi connectivity index (χ3v) is 7.92. The van der Waals surface area contributed by atoms with Gasteiger partial charge in [0.05, 0.1) is 6.04 Å². The minimum atomic E-state index is -1.28. The van der Waals surface area contributed by atoms with Crippen LogP contribution in [0.3, 0.4) is 0 Å². The lowest BCUT2D eigenvalue weighted by atomic mass is 10.0. The molecule has 3 amide bonds. The number of fused-ring (bicyclic) bond motifs is 1. The second kappa shape index (κ2) is 17.3. The summed E-state index contributed by atoms with van der Waals surface area (Å²) in [5.41, 5.74) is 14.0. The van der Waals surface area contributed by atoms with E-state index in [1.165, 1.54) is 12.1 Å². The predicted octanol–water partition coefficient (Wildman–Crippen LogP) is 1.41. The van der Waals surface area contributed by atoms with Crippen molar-refractivity contribution in [2.45, 2.75) is 62.7 Å². The maximum Gasteiger partial charge on any atom is 0.326 e. The fourth-order valence-corrected chi connectivity index (χ4v) is 5.25. The zero-order valence-corrected chi connectivity index (χ0v) is 25.6. The maximum atomic E-state index is 13.7. The molecule has 0 aliphatic heterocycles. The summed E-state index contributed by atoms with van der Waals surface area (Å²) in [6.45, 7) is 0.383. The highest BCUT2D eigenvalue weighted by Gasteiger charge is 2.31. The van der Waals surface area contributed by atoms with E-state index >= 15 is 0 Å². The summed E-state index contributed by atoms with van der Waals surface area (Å²) < 4.78 is 0. The van der Waals surface area contributed by atoms with Crippen LogP contribution in [0.5, 0.6) is 5.75 Å². The third kappa shape index (κ3) is 10.3. The maximum absolute atomic E-state index is 13.7. The van der Waals surface area contributed by atoms with Gasteiger partial charge < -0.3 is 42.6 Å². The Bertz CT molecular complexity index is 1400. The van der Waals surface area contributed by atoms with Gasteiger partial charge in [0.25, 0.3) is 0 Å². The standard InChI is InChI=1S/C31H42N6O6S/c1-44-15-13-23(33)28(39)36-26(17-20-18-34-24-7-3-2-6-22(20)24)30(41)35-25(8-4-5-14-32)29(40)37-27(31(42)43)16-19-9-11-21(38)12-10-19/h2-3,6-7,9-12,18,23,25-27,34,38H,4-5,8,13-17,32-33H2,1H3,(H,35,41)(H,36,39)(H,37,40)(H,42,43). The number of carbonyl (C=O) groups excluding carboxylic acids is 3. The van der Waals surface area contributed by atoms with Crippen molar-refractivity contribution in [2.24, 2.45) is 11.5 Å². The molecule has 0 saturated heterocycles. The number of carboxylic acids is 1. The van der Waals surface area contributed by atoms with Crippen molar-refractivity contribution in [2.75, 3.05) is 18.6 Å². The summed E-state index contributed by atoms with van der Waals surface area (Å²) >= 11 is 1.56. The molecule has 0 bridgehead atoms. The van der Waals surface area contributed by atoms with Crippen molar-refractivity contribution in [3.05, 3.63) is 65.9 Å². The number of hydrogen-bond donors (Lipinski definition) is 8. The Morgan fingerprint density at radius 2 is 1.52 bits per heavy atom. The molecule has 0 radical (unpaired) electrons. The van der Waals surface area contributed by atoms with Crippen LogP contribution in [0.25, 0.3) is 10.9 Å². The number of phenols is 1. The lowest BCUT2D eigenvalue weighted by molar-refractivity contribution is -0.142. The van der Waals surface area contributed by atoms with Crippen LogP contribution in [0, 0.1) is 0 Å². The molecule has 44 heavy (non-hydrogen) atoms. The zero-order valence-electron chi connectivity index (χ0n) is 24.8. The van der Waals surface area contributed by atoms with Crippen LogP contribution in [-0.2, 0) is 32.0 Å². The quantitative estimate of drug-likeness (QED) is 0.0957. The number of carboxylic acid groups (broad SMARTS) is 1. The highest BCUT2D eigenvalue weighted by atomic mass is 32.2. The van der Waals surface area contributed by atoms with Crippen LogP contribution in [0.1, 0.15) is 36.8 Å². The van der Waals surface area contributed by atoms with Gasteiger partial charge in [-0.2, -0.15) is 11.8 Å². The second-order valence-electron chi connectivity index (χ2n) is 10.6. The average Bonchev–Trinajstić information content (AvgIpc) is 3.42. The minimum Gasteiger partial charge on any atom is -0.508 e. The monoisotopic (exact) mass is 626 g/mol. The topological polar surface area (TPSA) is 213 Å². The van der Waals surface area contributed by atoms with Gasteiger partial charge in [-0.3, -0.25) is 14.4 Å². The highest BCUT2D eigenvalue weighted by Crippen LogP contribution is 2.20. The van der Waals surface area contributed by atoms with Crippen LogP contribution >= 0.6 is 11.8 Å². The number of amides is 3. The Balaban J connectivity index is 1.81. The van der Waals surface area contributed by atoms with Crippen molar-refractivity contribution in [3.8, 4) is 5.75 Å². The molecular weight excluding hydrogens is 584 g/mol. The fourth-order valence-electron chi connectivity index (χ4n) is 4.76. The Kier molecular flexibility index (Phi) is 13.5. The average molecular weight is 627 g/mol. The first-order chi connectivity index (χ1) is 21.1. The molecule has 3 aromatic rings. The van der Waals surface area contributed by atoms with Crippen LogP contribution in [0.15, 0.2) is 54.7 Å². The van der Waals surface area contributed by atoms with Crippen LogP contribution in [0.4, 0.5) is 0 Å². The molecular formula is C31H42N6O6S. The van der Waals surface area contributed by atoms with E-state index in [9.17, 15) is 29.4 Å². The lowest BCUT2D eigenvalue weighted by Gasteiger charge is -2.25. The van der Waals surface area contributed by atoms with Gasteiger partial charge in [0.2, 0.25) is 17.7 Å². The van der Waals surface area contributed by atoms with Gasteiger partial charge in [-0.15, -0.1) is 0 Å². The summed E-state index contributed by atoms with van der Waals surface area (Å²) in [5, 5.41) is 28.3. The number of aromatic hydroxyl groups is 1. The Hall–Kier alpha value is -4.07. The normalized spacial score (nSPS) is 13.9. The fraction of sp³-hybridized carbons (Fsp3) is 0.419. The smallest absolute Gasteiger partial charge is 0.326 e. The number of thioether (sulfide) groups is 1. The van der Waals surface area contributed by atoms with Crippen molar-refractivity contribution in [3.63, 3.8) is 0 Å². The molecule has 0 fully saturated rings. The number of para-hydroxylation sites is 1. The molecule has 10 N–H and O–H groups in total. The van der Waals surface area contributed by atoms with Gasteiger partial charge >= 0.3 is 5.97 Å². The van der Waals surface area contributed by atoms with Gasteiger partial charge in [-0.25, -0.2) is 4.79 Å². The van der Waals surface area contributed by atoms with Crippen molar-refractivity contribution in [1.82, 2.24) is 20.9 Å². The number of nitrogens with two attached hydrogens (primary N) is 2. The first-order valence-electron chi connectivity index (χ1n) is 14.5. The molecule has 13 heteroatoms. The molecule has 0 aliphatic rings. The molecule has 12 nitrogen and oxygen atoms in total. The Morgan fingerprint density at radius 3 is 2.20 bits per heavy atom. The SMILES string of the molecule is CSCCC(N)C(=O)NC(Cc1c[nH]c2ccccc12)C(=O)NC(CCCCN)C(=O)NC(Cc1ccc(O)cc1)C(=O)O. The molecule has 3 rings (SSSR count). The molecule has 0 saturated carbocycles. The molecule has 2 aromatic carbocycles. The van der Waals surface area contributed by atoms with Crippen molar-refractivity contribution in [1.29, 1.82) is 0 Å². The molecule has 0 aliphatic carbocycles. The van der Waals surface area contributed by atoms with E-state index in [0.717, 1.165) is 16.5 Å². The van der Waals surface area contributed by atoms with Gasteiger partial charge in [0.1, 0.15) is 23.9 Å². The number of hydrogen-bond acceptors (Lipinski definition) is 8. The molecule has 238 valence electrons. The first kappa shape index (κ1) is 34.4. The van der Waals surface area contributed by atoms with Crippen LogP contribution in [-0.4, -0.2) is 81.6 Å². The summed E-state index contributed by atoms with van der Waals surface area (Å²) in [7, 11) is 0. The molecule has 0 spiro atoms. The van der Waals surface area contributed by atoms with Gasteiger partial charge in [-0.05, 0) is 73.6 Å². The number of rotatable bonds is 18. The van der Waals surface area contributed by atoms with Gasteiger partial charge in [-0.1, -0.05) is 30.3 Å². The zero-order chi connectivity index (χ0) is 32.1. The molecule has 4 atom stereocenters. The summed E-state index contributed by atoms with van der Waals surface area (Å²) in [6, 6.07) is 9.34. The van der Waals surface area contributed by atoms with E-state index in [1.54, 1.807) is 30.1 Å². The summed E-state index contributed by atoms with van der Waals surface area (Å²) in [5.74, 6) is -2.29. The number of aliphatic carboxylic acids is 1. The van der Waals surface area contributed by atoms with E-state index in [-0.39, 0.29) is 25.0 Å². The van der Waals surface area contributed by atoms with E-state index in [2.05, 4.69) is 20.9 Å². The van der Waals surface area contributed by atoms with E-state index in [0.29, 0.717) is 37.1 Å². The number of H-pyrrole nitrogens is 1. The molecule has 4 unspecified atom stereocenters. The minimum absolute atomic E-state index is 0.0298. The van der Waals surface area contributed by atoms with E-state index in [1.807, 2.05) is 30.5 Å². The van der Waals surface area contributed by atoms with Gasteiger partial charge in [0.15, 0.2) is 0 Å².